The maximum absolute atomic E-state index is 6.07. The van der Waals surface area contributed by atoms with Crippen LogP contribution in [0.3, 0.4) is 0 Å². The molecule has 4 aromatic carbocycles. The van der Waals surface area contributed by atoms with E-state index in [1.807, 2.05) is 48.8 Å². The van der Waals surface area contributed by atoms with Gasteiger partial charge in [0, 0.05) is 37.9 Å². The number of aromatic nitrogens is 3. The van der Waals surface area contributed by atoms with Crippen LogP contribution in [-0.2, 0) is 32.9 Å². The quantitative estimate of drug-likeness (QED) is 0.150. The number of hydrogen-bond donors (Lipinski definition) is 0. The minimum atomic E-state index is 0. The number of furan rings is 1. The van der Waals surface area contributed by atoms with Crippen molar-refractivity contribution in [3.8, 4) is 33.6 Å². The molecule has 0 atom stereocenters. The van der Waals surface area contributed by atoms with E-state index in [1.165, 1.54) is 27.8 Å². The van der Waals surface area contributed by atoms with Gasteiger partial charge in [0.25, 0.3) is 0 Å². The van der Waals surface area contributed by atoms with Crippen LogP contribution in [0.5, 0.6) is 0 Å². The molecular formula is C47H41IrN3O-2. The average Bonchev–Trinajstić information content (AvgIpc) is 3.53. The minimum Gasteiger partial charge on any atom is -0.483 e. The zero-order valence-corrected chi connectivity index (χ0v) is 32.6. The molecule has 0 aliphatic heterocycles. The molecule has 0 N–H and O–H groups in total. The Morgan fingerprint density at radius 2 is 1.44 bits per heavy atom. The summed E-state index contributed by atoms with van der Waals surface area (Å²) in [6.07, 6.45) is 9.06. The summed E-state index contributed by atoms with van der Waals surface area (Å²) in [5.74, 6) is 0.669. The molecular weight excluding hydrogens is 815 g/mol. The zero-order chi connectivity index (χ0) is 35.3. The summed E-state index contributed by atoms with van der Waals surface area (Å²) in [7, 11) is 0. The molecule has 0 aliphatic carbocycles. The van der Waals surface area contributed by atoms with Crippen molar-refractivity contribution in [3.63, 3.8) is 0 Å². The third-order valence-corrected chi connectivity index (χ3v) is 9.21. The Hall–Kier alpha value is -5.22. The first kappa shape index (κ1) is 36.6. The normalized spacial score (nSPS) is 11.0. The van der Waals surface area contributed by atoms with E-state index in [0.717, 1.165) is 68.4 Å². The van der Waals surface area contributed by atoms with Crippen LogP contribution in [0.1, 0.15) is 47.2 Å². The Bertz CT molecular complexity index is 2420. The number of aryl methyl sites for hydroxylation is 3. The monoisotopic (exact) mass is 856 g/mol. The Balaban J connectivity index is 0.000000208. The minimum absolute atomic E-state index is 0. The Kier molecular flexibility index (Phi) is 11.5. The van der Waals surface area contributed by atoms with Gasteiger partial charge >= 0.3 is 0 Å². The summed E-state index contributed by atoms with van der Waals surface area (Å²) in [6, 6.07) is 42.8. The maximum Gasteiger partial charge on any atom is 0.142 e. The number of para-hydroxylation sites is 1. The molecule has 261 valence electrons. The van der Waals surface area contributed by atoms with Gasteiger partial charge in [0.1, 0.15) is 11.3 Å². The van der Waals surface area contributed by atoms with Crippen molar-refractivity contribution in [1.82, 2.24) is 15.0 Å². The van der Waals surface area contributed by atoms with E-state index >= 15 is 0 Å². The van der Waals surface area contributed by atoms with Gasteiger partial charge in [-0.15, -0.1) is 46.5 Å². The largest absolute Gasteiger partial charge is 0.483 e. The molecule has 0 unspecified atom stereocenters. The van der Waals surface area contributed by atoms with Crippen LogP contribution in [-0.4, -0.2) is 15.0 Å². The van der Waals surface area contributed by atoms with E-state index in [1.54, 1.807) is 0 Å². The number of fused-ring (bicyclic) bond motifs is 3. The summed E-state index contributed by atoms with van der Waals surface area (Å²) in [6.45, 7) is 10.8. The van der Waals surface area contributed by atoms with Crippen LogP contribution < -0.4 is 0 Å². The molecule has 52 heavy (non-hydrogen) atoms. The van der Waals surface area contributed by atoms with E-state index in [9.17, 15) is 0 Å². The molecule has 0 spiro atoms. The molecule has 0 saturated carbocycles. The molecule has 0 amide bonds. The van der Waals surface area contributed by atoms with Crippen molar-refractivity contribution >= 4 is 22.1 Å². The number of hydrogen-bond acceptors (Lipinski definition) is 4. The molecule has 0 bridgehead atoms. The Morgan fingerprint density at radius 3 is 2.15 bits per heavy atom. The maximum atomic E-state index is 6.07. The fraction of sp³-hybridized carbons (Fsp3) is 0.170. The summed E-state index contributed by atoms with van der Waals surface area (Å²) < 4.78 is 6.07. The first-order valence-corrected chi connectivity index (χ1v) is 17.6. The van der Waals surface area contributed by atoms with Gasteiger partial charge < -0.3 is 19.4 Å². The molecule has 5 heteroatoms. The molecule has 0 saturated heterocycles. The van der Waals surface area contributed by atoms with Crippen LogP contribution in [0.25, 0.3) is 55.7 Å². The molecule has 4 aromatic heterocycles. The topological polar surface area (TPSA) is 51.8 Å². The van der Waals surface area contributed by atoms with Gasteiger partial charge in [0.05, 0.1) is 0 Å². The molecule has 4 nitrogen and oxygen atoms in total. The van der Waals surface area contributed by atoms with Gasteiger partial charge in [-0.25, -0.2) is 0 Å². The van der Waals surface area contributed by atoms with Crippen molar-refractivity contribution in [1.29, 1.82) is 0 Å². The standard InChI is InChI=1S/C30H21N2O.C17H20N.Ir/c1-20-18-31-27(17-24(20)22-12-6-3-7-13-22)26-19-32-30-29(23-14-8-9-15-28(23)33-30)25(26)16-21-10-4-2-5-11-21;1-12(2)9-16-11-18-17(10-14(16)4)15-7-5-13(3)6-8-15;/h2-15,17-18H,16H2,1H3;5-7,10-12H,9H2,1-4H3;/q2*-1;. The van der Waals surface area contributed by atoms with Crippen LogP contribution in [0.15, 0.2) is 132 Å². The van der Waals surface area contributed by atoms with E-state index in [2.05, 4.69) is 136 Å². The van der Waals surface area contributed by atoms with Gasteiger partial charge in [-0.05, 0) is 83.9 Å². The summed E-state index contributed by atoms with van der Waals surface area (Å²) in [5, 5.41) is 2.10. The third kappa shape index (κ3) is 8.12. The molecule has 4 heterocycles. The van der Waals surface area contributed by atoms with E-state index in [-0.39, 0.29) is 20.1 Å². The van der Waals surface area contributed by atoms with Gasteiger partial charge in [0.15, 0.2) is 0 Å². The van der Waals surface area contributed by atoms with Gasteiger partial charge in [-0.2, -0.15) is 0 Å². The summed E-state index contributed by atoms with van der Waals surface area (Å²) in [5.41, 5.74) is 15.0. The zero-order valence-electron chi connectivity index (χ0n) is 30.2. The van der Waals surface area contributed by atoms with Crippen molar-refractivity contribution in [2.24, 2.45) is 5.92 Å². The number of rotatable bonds is 7. The summed E-state index contributed by atoms with van der Waals surface area (Å²) in [4.78, 5) is 14.0. The molecule has 8 rings (SSSR count). The van der Waals surface area contributed by atoms with E-state index in [4.69, 9.17) is 9.40 Å². The fourth-order valence-electron chi connectivity index (χ4n) is 6.53. The fourth-order valence-corrected chi connectivity index (χ4v) is 6.53. The van der Waals surface area contributed by atoms with Crippen LogP contribution in [0, 0.1) is 39.0 Å². The Labute approximate surface area is 320 Å². The number of benzene rings is 4. The smallest absolute Gasteiger partial charge is 0.142 e. The van der Waals surface area contributed by atoms with Crippen molar-refractivity contribution < 1.29 is 24.5 Å². The van der Waals surface area contributed by atoms with Gasteiger partial charge in [0.2, 0.25) is 0 Å². The summed E-state index contributed by atoms with van der Waals surface area (Å²) >= 11 is 0. The molecule has 1 radical (unpaired) electrons. The molecule has 0 aliphatic rings. The van der Waals surface area contributed by atoms with Crippen LogP contribution in [0.2, 0.25) is 0 Å². The molecule has 8 aromatic rings. The predicted molar refractivity (Wildman–Crippen MR) is 210 cm³/mol. The number of nitrogens with zero attached hydrogens (tertiary/aromatic N) is 3. The van der Waals surface area contributed by atoms with Crippen molar-refractivity contribution in [2.45, 2.75) is 47.5 Å². The van der Waals surface area contributed by atoms with Crippen LogP contribution >= 0.6 is 0 Å². The molecule has 0 fully saturated rings. The SMILES string of the molecule is Cc1c[c-]c(-c2cc(C)c(CC(C)C)cn2)cc1.Cc1cnc(-c2[c-]nc3oc4ccccc4c3c2Cc2ccccc2)cc1-c1ccccc1.[Ir]. The average molecular weight is 856 g/mol. The van der Waals surface area contributed by atoms with Gasteiger partial charge in [-0.1, -0.05) is 123 Å². The van der Waals surface area contributed by atoms with Crippen molar-refractivity contribution in [2.75, 3.05) is 0 Å². The van der Waals surface area contributed by atoms with E-state index in [0.29, 0.717) is 11.6 Å². The second-order valence-electron chi connectivity index (χ2n) is 13.6. The first-order valence-electron chi connectivity index (χ1n) is 17.6. The first-order chi connectivity index (χ1) is 24.8. The Morgan fingerprint density at radius 1 is 0.731 bits per heavy atom. The van der Waals surface area contributed by atoms with E-state index < -0.39 is 0 Å². The van der Waals surface area contributed by atoms with Crippen molar-refractivity contribution in [3.05, 3.63) is 173 Å². The van der Waals surface area contributed by atoms with Gasteiger partial charge in [-0.3, -0.25) is 0 Å². The predicted octanol–water partition coefficient (Wildman–Crippen LogP) is 11.8. The number of pyridine rings is 3. The van der Waals surface area contributed by atoms with Crippen LogP contribution in [0.4, 0.5) is 0 Å². The third-order valence-electron chi connectivity index (χ3n) is 9.21. The second-order valence-corrected chi connectivity index (χ2v) is 13.6. The second kappa shape index (κ2) is 16.4.